The zero-order valence-electron chi connectivity index (χ0n) is 13.4. The lowest BCUT2D eigenvalue weighted by atomic mass is 10.3. The van der Waals surface area contributed by atoms with E-state index in [9.17, 15) is 4.79 Å². The Bertz CT molecular complexity index is 867. The number of nitrogens with zero attached hydrogens (tertiary/aromatic N) is 2. The van der Waals surface area contributed by atoms with Gasteiger partial charge in [-0.25, -0.2) is 0 Å². The number of thioether (sulfide) groups is 1. The van der Waals surface area contributed by atoms with Gasteiger partial charge in [0.15, 0.2) is 0 Å². The minimum absolute atomic E-state index is 0.192. The van der Waals surface area contributed by atoms with Crippen molar-refractivity contribution in [3.05, 3.63) is 40.7 Å². The summed E-state index contributed by atoms with van der Waals surface area (Å²) in [7, 11) is 1.53. The molecular formula is C16H14ClN3O3S2. The van der Waals surface area contributed by atoms with E-state index in [0.29, 0.717) is 27.6 Å². The molecule has 0 aliphatic rings. The summed E-state index contributed by atoms with van der Waals surface area (Å²) in [5, 5.41) is 13.1. The zero-order chi connectivity index (χ0) is 17.8. The molecule has 0 fully saturated rings. The number of methoxy groups -OCH3 is 1. The molecule has 1 atom stereocenters. The number of halogens is 1. The van der Waals surface area contributed by atoms with E-state index in [4.69, 9.17) is 20.8 Å². The third kappa shape index (κ3) is 4.33. The van der Waals surface area contributed by atoms with Crippen LogP contribution in [0.1, 0.15) is 6.92 Å². The van der Waals surface area contributed by atoms with Gasteiger partial charge in [0, 0.05) is 5.69 Å². The first-order valence-corrected chi connectivity index (χ1v) is 9.39. The lowest BCUT2D eigenvalue weighted by Gasteiger charge is -2.11. The zero-order valence-corrected chi connectivity index (χ0v) is 15.7. The van der Waals surface area contributed by atoms with Crippen LogP contribution in [0.4, 0.5) is 5.69 Å². The topological polar surface area (TPSA) is 77.2 Å². The minimum atomic E-state index is -0.419. The highest BCUT2D eigenvalue weighted by atomic mass is 35.5. The van der Waals surface area contributed by atoms with Crippen LogP contribution in [0.2, 0.25) is 5.02 Å². The van der Waals surface area contributed by atoms with E-state index in [1.54, 1.807) is 25.1 Å². The average Bonchev–Trinajstić information content (AvgIpc) is 3.26. The van der Waals surface area contributed by atoms with Crippen LogP contribution in [0.15, 0.2) is 45.4 Å². The number of aromatic nitrogens is 2. The number of thiophene rings is 1. The van der Waals surface area contributed by atoms with Crippen molar-refractivity contribution in [1.29, 1.82) is 0 Å². The largest absolute Gasteiger partial charge is 0.495 e. The van der Waals surface area contributed by atoms with Crippen molar-refractivity contribution in [2.75, 3.05) is 12.4 Å². The van der Waals surface area contributed by atoms with E-state index >= 15 is 0 Å². The first-order chi connectivity index (χ1) is 12.1. The van der Waals surface area contributed by atoms with E-state index < -0.39 is 5.25 Å². The smallest absolute Gasteiger partial charge is 0.277 e. The number of amides is 1. The van der Waals surface area contributed by atoms with Gasteiger partial charge < -0.3 is 14.5 Å². The SMILES string of the molecule is COc1ccc(NC(=O)C(C)Sc2nnc(-c3cccs3)o2)cc1Cl. The molecule has 2 aromatic heterocycles. The molecule has 0 radical (unpaired) electrons. The van der Waals surface area contributed by atoms with Crippen molar-refractivity contribution in [2.45, 2.75) is 17.4 Å². The quantitative estimate of drug-likeness (QED) is 0.615. The van der Waals surface area contributed by atoms with Crippen LogP contribution < -0.4 is 10.1 Å². The molecule has 3 rings (SSSR count). The van der Waals surface area contributed by atoms with Crippen LogP contribution in [0.5, 0.6) is 5.75 Å². The fraction of sp³-hybridized carbons (Fsp3) is 0.188. The minimum Gasteiger partial charge on any atom is -0.495 e. The highest BCUT2D eigenvalue weighted by molar-refractivity contribution is 8.00. The summed E-state index contributed by atoms with van der Waals surface area (Å²) in [5.41, 5.74) is 0.591. The highest BCUT2D eigenvalue weighted by Crippen LogP contribution is 2.30. The van der Waals surface area contributed by atoms with Gasteiger partial charge in [0.25, 0.3) is 11.1 Å². The molecular weight excluding hydrogens is 382 g/mol. The number of hydrogen-bond acceptors (Lipinski definition) is 7. The molecule has 1 N–H and O–H groups in total. The maximum absolute atomic E-state index is 12.3. The number of ether oxygens (including phenoxy) is 1. The Hall–Kier alpha value is -2.03. The summed E-state index contributed by atoms with van der Waals surface area (Å²) in [4.78, 5) is 13.2. The van der Waals surface area contributed by atoms with Gasteiger partial charge in [-0.2, -0.15) is 0 Å². The number of anilines is 1. The molecule has 0 aliphatic heterocycles. The molecule has 9 heteroatoms. The molecule has 0 saturated heterocycles. The van der Waals surface area contributed by atoms with Crippen LogP contribution in [-0.4, -0.2) is 28.5 Å². The number of rotatable bonds is 6. The second-order valence-electron chi connectivity index (χ2n) is 4.95. The van der Waals surface area contributed by atoms with Crippen molar-refractivity contribution >= 4 is 46.3 Å². The Morgan fingerprint density at radius 1 is 1.40 bits per heavy atom. The molecule has 2 heterocycles. The maximum atomic E-state index is 12.3. The van der Waals surface area contributed by atoms with Crippen molar-refractivity contribution in [3.8, 4) is 16.5 Å². The van der Waals surface area contributed by atoms with Crippen LogP contribution in [0, 0.1) is 0 Å². The standard InChI is InChI=1S/C16H14ClN3O3S2/c1-9(14(21)18-10-5-6-12(22-2)11(17)8-10)25-16-20-19-15(23-16)13-4-3-7-24-13/h3-9H,1-2H3,(H,18,21). The van der Waals surface area contributed by atoms with Crippen molar-refractivity contribution in [2.24, 2.45) is 0 Å². The third-order valence-corrected chi connectivity index (χ3v) is 5.29. The fourth-order valence-corrected chi connectivity index (χ4v) is 3.54. The molecule has 6 nitrogen and oxygen atoms in total. The van der Waals surface area contributed by atoms with Crippen LogP contribution >= 0.6 is 34.7 Å². The molecule has 1 aromatic carbocycles. The van der Waals surface area contributed by atoms with Gasteiger partial charge in [0.2, 0.25) is 5.91 Å². The lowest BCUT2D eigenvalue weighted by Crippen LogP contribution is -2.22. The monoisotopic (exact) mass is 395 g/mol. The average molecular weight is 396 g/mol. The molecule has 130 valence electrons. The van der Waals surface area contributed by atoms with Crippen LogP contribution in [-0.2, 0) is 4.79 Å². The second-order valence-corrected chi connectivity index (χ2v) is 7.60. The van der Waals surface area contributed by atoms with Gasteiger partial charge in [0.05, 0.1) is 22.3 Å². The van der Waals surface area contributed by atoms with E-state index in [1.165, 1.54) is 30.2 Å². The van der Waals surface area contributed by atoms with Crippen LogP contribution in [0.3, 0.4) is 0 Å². The van der Waals surface area contributed by atoms with Gasteiger partial charge in [0.1, 0.15) is 5.75 Å². The molecule has 1 amide bonds. The highest BCUT2D eigenvalue weighted by Gasteiger charge is 2.19. The van der Waals surface area contributed by atoms with E-state index in [1.807, 2.05) is 17.5 Å². The van der Waals surface area contributed by atoms with Gasteiger partial charge in [-0.1, -0.05) is 29.4 Å². The number of benzene rings is 1. The summed E-state index contributed by atoms with van der Waals surface area (Å²) >= 11 is 8.77. The first-order valence-electron chi connectivity index (χ1n) is 7.25. The summed E-state index contributed by atoms with van der Waals surface area (Å²) in [6.07, 6.45) is 0. The van der Waals surface area contributed by atoms with Crippen LogP contribution in [0.25, 0.3) is 10.8 Å². The molecule has 0 bridgehead atoms. The maximum Gasteiger partial charge on any atom is 0.277 e. The van der Waals surface area contributed by atoms with Gasteiger partial charge in [-0.3, -0.25) is 4.79 Å². The van der Waals surface area contributed by atoms with E-state index in [2.05, 4.69) is 15.5 Å². The Morgan fingerprint density at radius 3 is 2.92 bits per heavy atom. The lowest BCUT2D eigenvalue weighted by molar-refractivity contribution is -0.115. The predicted molar refractivity (Wildman–Crippen MR) is 99.6 cm³/mol. The Morgan fingerprint density at radius 2 is 2.24 bits per heavy atom. The van der Waals surface area contributed by atoms with Crippen molar-refractivity contribution in [3.63, 3.8) is 0 Å². The summed E-state index contributed by atoms with van der Waals surface area (Å²) in [5.74, 6) is 0.809. The second kappa shape index (κ2) is 7.90. The molecule has 0 spiro atoms. The van der Waals surface area contributed by atoms with Crippen molar-refractivity contribution in [1.82, 2.24) is 10.2 Å². The van der Waals surface area contributed by atoms with E-state index in [-0.39, 0.29) is 5.91 Å². The van der Waals surface area contributed by atoms with Gasteiger partial charge in [-0.05, 0) is 36.6 Å². The van der Waals surface area contributed by atoms with Crippen molar-refractivity contribution < 1.29 is 13.9 Å². The molecule has 3 aromatic rings. The molecule has 25 heavy (non-hydrogen) atoms. The number of hydrogen-bond donors (Lipinski definition) is 1. The summed E-state index contributed by atoms with van der Waals surface area (Å²) in [6, 6.07) is 8.86. The third-order valence-electron chi connectivity index (χ3n) is 3.20. The number of nitrogens with one attached hydrogen (secondary N) is 1. The van der Waals surface area contributed by atoms with E-state index in [0.717, 1.165) is 4.88 Å². The van der Waals surface area contributed by atoms with Gasteiger partial charge >= 0.3 is 0 Å². The Kier molecular flexibility index (Phi) is 5.62. The predicted octanol–water partition coefficient (Wildman–Crippen LogP) is 4.58. The molecule has 0 aliphatic carbocycles. The summed E-state index contributed by atoms with van der Waals surface area (Å²) in [6.45, 7) is 1.76. The van der Waals surface area contributed by atoms with Gasteiger partial charge in [-0.15, -0.1) is 21.5 Å². The molecule has 1 unspecified atom stereocenters. The Balaban J connectivity index is 1.62. The number of carbonyl (C=O) groups is 1. The number of carbonyl (C=O) groups excluding carboxylic acids is 1. The first kappa shape index (κ1) is 17.8. The fourth-order valence-electron chi connectivity index (χ4n) is 1.95. The molecule has 0 saturated carbocycles. The summed E-state index contributed by atoms with van der Waals surface area (Å²) < 4.78 is 10.7. The Labute approximate surface area is 157 Å². The normalized spacial score (nSPS) is 12.0.